The van der Waals surface area contributed by atoms with E-state index in [1.54, 1.807) is 0 Å². The minimum Gasteiger partial charge on any atom is -0.388 e. The summed E-state index contributed by atoms with van der Waals surface area (Å²) in [6.45, 7) is 0.486. The van der Waals surface area contributed by atoms with E-state index in [0.717, 1.165) is 0 Å². The summed E-state index contributed by atoms with van der Waals surface area (Å²) in [5.74, 6) is 0. The van der Waals surface area contributed by atoms with Crippen LogP contribution in [0.2, 0.25) is 0 Å². The Morgan fingerprint density at radius 3 is 2.55 bits per heavy atom. The summed E-state index contributed by atoms with van der Waals surface area (Å²) in [5, 5.41) is 30.5. The molecule has 5 atom stereocenters. The average molecular weight is 161 g/mol. The van der Waals surface area contributed by atoms with E-state index in [9.17, 15) is 15.3 Å². The topological polar surface area (TPSA) is 82.0 Å². The summed E-state index contributed by atoms with van der Waals surface area (Å²) in [5.41, 5.74) is 0. The van der Waals surface area contributed by atoms with E-state index in [1.165, 1.54) is 0 Å². The van der Waals surface area contributed by atoms with Crippen molar-refractivity contribution in [3.05, 3.63) is 0 Å². The van der Waals surface area contributed by atoms with Crippen molar-refractivity contribution in [1.29, 1.82) is 0 Å². The minimum absolute atomic E-state index is 0.376. The lowest BCUT2D eigenvalue weighted by Crippen LogP contribution is -2.54. The van der Waals surface area contributed by atoms with Crippen molar-refractivity contribution < 1.29 is 20.1 Å². The zero-order valence-electron chi connectivity index (χ0n) is 5.84. The van der Waals surface area contributed by atoms with E-state index in [1.807, 2.05) is 0 Å². The molecular weight excluding hydrogens is 150 g/mol. The second-order valence-electron chi connectivity index (χ2n) is 2.98. The Morgan fingerprint density at radius 2 is 1.82 bits per heavy atom. The molecule has 2 aliphatic heterocycles. The van der Waals surface area contributed by atoms with Crippen LogP contribution in [0.3, 0.4) is 0 Å². The molecule has 0 saturated carbocycles. The van der Waals surface area contributed by atoms with Gasteiger partial charge in [0.05, 0.1) is 0 Å². The van der Waals surface area contributed by atoms with Gasteiger partial charge in [-0.15, -0.1) is 0 Å². The van der Waals surface area contributed by atoms with Gasteiger partial charge in [0.1, 0.15) is 30.6 Å². The summed E-state index contributed by atoms with van der Waals surface area (Å²) < 4.78 is 5.12. The Bertz CT molecular complexity index is 145. The highest BCUT2D eigenvalue weighted by Crippen LogP contribution is 2.23. The molecule has 5 heteroatoms. The molecule has 4 N–H and O–H groups in total. The zero-order valence-corrected chi connectivity index (χ0v) is 5.84. The molecule has 0 amide bonds. The van der Waals surface area contributed by atoms with E-state index < -0.39 is 24.5 Å². The molecule has 0 radical (unpaired) electrons. The van der Waals surface area contributed by atoms with Crippen LogP contribution in [0.1, 0.15) is 0 Å². The lowest BCUT2D eigenvalue weighted by Gasteiger charge is -2.33. The number of hydrogen-bond donors (Lipinski definition) is 4. The Balaban J connectivity index is 2.16. The molecule has 11 heavy (non-hydrogen) atoms. The van der Waals surface area contributed by atoms with Gasteiger partial charge < -0.3 is 20.1 Å². The van der Waals surface area contributed by atoms with Gasteiger partial charge in [0.25, 0.3) is 0 Å². The van der Waals surface area contributed by atoms with Crippen LogP contribution in [0.15, 0.2) is 0 Å². The van der Waals surface area contributed by atoms with Crippen LogP contribution >= 0.6 is 0 Å². The highest BCUT2D eigenvalue weighted by atomic mass is 16.6. The second-order valence-corrected chi connectivity index (χ2v) is 2.98. The highest BCUT2D eigenvalue weighted by molar-refractivity contribution is 4.96. The van der Waals surface area contributed by atoms with Crippen molar-refractivity contribution in [1.82, 2.24) is 5.32 Å². The number of fused-ring (bicyclic) bond motifs is 2. The van der Waals surface area contributed by atoms with Gasteiger partial charge in [-0.2, -0.15) is 0 Å². The normalized spacial score (nSPS) is 56.5. The van der Waals surface area contributed by atoms with Gasteiger partial charge >= 0.3 is 0 Å². The second kappa shape index (κ2) is 2.40. The van der Waals surface area contributed by atoms with Gasteiger partial charge in [-0.3, -0.25) is 5.32 Å². The van der Waals surface area contributed by atoms with Gasteiger partial charge in [-0.05, 0) is 0 Å². The first-order chi connectivity index (χ1) is 5.20. The first kappa shape index (κ1) is 7.45. The van der Waals surface area contributed by atoms with Crippen LogP contribution < -0.4 is 5.32 Å². The maximum Gasteiger partial charge on any atom is 0.137 e. The number of ether oxygens (including phenoxy) is 1. The molecule has 0 aromatic carbocycles. The van der Waals surface area contributed by atoms with Crippen LogP contribution in [0, 0.1) is 0 Å². The minimum atomic E-state index is -1.09. The molecule has 2 rings (SSSR count). The SMILES string of the molecule is O[C@@H]1[C@@H](O)[C@H]2NC[C@H](O2)[C@H]1O. The van der Waals surface area contributed by atoms with Crippen molar-refractivity contribution in [2.45, 2.75) is 30.6 Å². The van der Waals surface area contributed by atoms with Crippen LogP contribution in [-0.2, 0) is 4.74 Å². The van der Waals surface area contributed by atoms with Crippen LogP contribution in [0.5, 0.6) is 0 Å². The van der Waals surface area contributed by atoms with Gasteiger partial charge in [-0.25, -0.2) is 0 Å². The number of nitrogens with one attached hydrogen (secondary N) is 1. The van der Waals surface area contributed by atoms with Gasteiger partial charge in [0.2, 0.25) is 0 Å². The number of hydrogen-bond acceptors (Lipinski definition) is 5. The third-order valence-corrected chi connectivity index (χ3v) is 2.23. The quantitative estimate of drug-likeness (QED) is 0.313. The van der Waals surface area contributed by atoms with Crippen LogP contribution in [-0.4, -0.2) is 52.5 Å². The summed E-state index contributed by atoms with van der Waals surface area (Å²) in [4.78, 5) is 0. The van der Waals surface area contributed by atoms with Gasteiger partial charge in [0.15, 0.2) is 0 Å². The molecular formula is C6H11NO4. The van der Waals surface area contributed by atoms with E-state index in [-0.39, 0.29) is 6.10 Å². The molecule has 2 aliphatic rings. The predicted molar refractivity (Wildman–Crippen MR) is 34.7 cm³/mol. The first-order valence-corrected chi connectivity index (χ1v) is 3.63. The maximum atomic E-state index is 9.26. The lowest BCUT2D eigenvalue weighted by molar-refractivity contribution is -0.195. The molecule has 2 saturated heterocycles. The Kier molecular flexibility index (Phi) is 1.62. The van der Waals surface area contributed by atoms with Crippen LogP contribution in [0.4, 0.5) is 0 Å². The Labute approximate surface area is 63.6 Å². The van der Waals surface area contributed by atoms with E-state index in [2.05, 4.69) is 5.32 Å². The van der Waals surface area contributed by atoms with E-state index in [4.69, 9.17) is 4.74 Å². The third kappa shape index (κ3) is 0.969. The average Bonchev–Trinajstić information content (AvgIpc) is 2.44. The molecule has 2 heterocycles. The number of rotatable bonds is 0. The molecule has 5 nitrogen and oxygen atoms in total. The third-order valence-electron chi connectivity index (χ3n) is 2.23. The molecule has 0 spiro atoms. The highest BCUT2D eigenvalue weighted by Gasteiger charge is 2.47. The molecule has 2 fully saturated rings. The number of aliphatic hydroxyl groups excluding tert-OH is 3. The molecule has 64 valence electrons. The molecule has 0 aliphatic carbocycles. The zero-order chi connectivity index (χ0) is 8.01. The van der Waals surface area contributed by atoms with Crippen molar-refractivity contribution in [2.24, 2.45) is 0 Å². The fraction of sp³-hybridized carbons (Fsp3) is 1.00. The Hall–Kier alpha value is -0.200. The Morgan fingerprint density at radius 1 is 1.09 bits per heavy atom. The fourth-order valence-electron chi connectivity index (χ4n) is 1.52. The standard InChI is InChI=1S/C6H11NO4/c8-3-2-1-7-6(11-2)5(10)4(3)9/h2-10H,1H2/t2-,3+,4-,5+,6-/m0/s1. The van der Waals surface area contributed by atoms with E-state index in [0.29, 0.717) is 6.54 Å². The summed E-state index contributed by atoms with van der Waals surface area (Å²) in [7, 11) is 0. The molecule has 0 aromatic heterocycles. The largest absolute Gasteiger partial charge is 0.388 e. The maximum absolute atomic E-state index is 9.26. The van der Waals surface area contributed by atoms with Crippen molar-refractivity contribution in [3.63, 3.8) is 0 Å². The van der Waals surface area contributed by atoms with Crippen molar-refractivity contribution >= 4 is 0 Å². The smallest absolute Gasteiger partial charge is 0.137 e. The number of aliphatic hydroxyl groups is 3. The van der Waals surface area contributed by atoms with Gasteiger partial charge in [0, 0.05) is 6.54 Å². The van der Waals surface area contributed by atoms with Gasteiger partial charge in [-0.1, -0.05) is 0 Å². The lowest BCUT2D eigenvalue weighted by atomic mass is 10.0. The summed E-state index contributed by atoms with van der Waals surface area (Å²) in [6, 6.07) is 0. The van der Waals surface area contributed by atoms with Crippen molar-refractivity contribution in [3.8, 4) is 0 Å². The monoisotopic (exact) mass is 161 g/mol. The summed E-state index contributed by atoms with van der Waals surface area (Å²) in [6.07, 6.45) is -3.98. The van der Waals surface area contributed by atoms with E-state index >= 15 is 0 Å². The fourth-order valence-corrected chi connectivity index (χ4v) is 1.52. The predicted octanol–water partition coefficient (Wildman–Crippen LogP) is -2.60. The van der Waals surface area contributed by atoms with Crippen molar-refractivity contribution in [2.75, 3.05) is 6.54 Å². The molecule has 0 unspecified atom stereocenters. The summed E-state index contributed by atoms with van der Waals surface area (Å²) >= 11 is 0. The van der Waals surface area contributed by atoms with Crippen LogP contribution in [0.25, 0.3) is 0 Å². The molecule has 2 bridgehead atoms. The first-order valence-electron chi connectivity index (χ1n) is 3.63. The molecule has 0 aromatic rings.